The average molecular weight is 286 g/mol. The van der Waals surface area contributed by atoms with E-state index in [0.717, 1.165) is 5.56 Å². The lowest BCUT2D eigenvalue weighted by Gasteiger charge is -2.11. The van der Waals surface area contributed by atoms with Crippen molar-refractivity contribution in [1.82, 2.24) is 5.32 Å². The summed E-state index contributed by atoms with van der Waals surface area (Å²) in [6, 6.07) is 14.2. The largest absolute Gasteiger partial charge is 0.326 e. The average Bonchev–Trinajstić information content (AvgIpc) is 2.49. The molecule has 0 saturated heterocycles. The van der Waals surface area contributed by atoms with Gasteiger partial charge in [0, 0.05) is 11.7 Å². The smallest absolute Gasteiger partial charge is 0.228 e. The van der Waals surface area contributed by atoms with Gasteiger partial charge in [-0.3, -0.25) is 4.79 Å². The zero-order valence-electron chi connectivity index (χ0n) is 12.2. The summed E-state index contributed by atoms with van der Waals surface area (Å²) >= 11 is 0. The standard InChI is InChI=1S/C17H19FN2O/c1-12(19-2)13-7-9-15(10-8-13)20-17(21)11-14-5-3-4-6-16(14)18/h3-10,12,19H,11H2,1-2H3,(H,20,21). The molecule has 2 aromatic rings. The van der Waals surface area contributed by atoms with E-state index in [1.54, 1.807) is 18.2 Å². The van der Waals surface area contributed by atoms with Crippen LogP contribution >= 0.6 is 0 Å². The number of benzene rings is 2. The summed E-state index contributed by atoms with van der Waals surface area (Å²) in [4.78, 5) is 11.9. The molecule has 2 aromatic carbocycles. The minimum absolute atomic E-state index is 0.0291. The maximum atomic E-state index is 13.5. The topological polar surface area (TPSA) is 41.1 Å². The van der Waals surface area contributed by atoms with E-state index in [-0.39, 0.29) is 24.2 Å². The van der Waals surface area contributed by atoms with Crippen LogP contribution in [0.15, 0.2) is 48.5 Å². The van der Waals surface area contributed by atoms with Crippen molar-refractivity contribution in [2.45, 2.75) is 19.4 Å². The van der Waals surface area contributed by atoms with Crippen LogP contribution in [0.5, 0.6) is 0 Å². The molecule has 0 bridgehead atoms. The van der Waals surface area contributed by atoms with Gasteiger partial charge < -0.3 is 10.6 Å². The summed E-state index contributed by atoms with van der Waals surface area (Å²) in [6.45, 7) is 2.06. The van der Waals surface area contributed by atoms with Gasteiger partial charge in [0.2, 0.25) is 5.91 Å². The lowest BCUT2D eigenvalue weighted by Crippen LogP contribution is -2.15. The van der Waals surface area contributed by atoms with E-state index in [4.69, 9.17) is 0 Å². The molecule has 0 aliphatic heterocycles. The monoisotopic (exact) mass is 286 g/mol. The van der Waals surface area contributed by atoms with Crippen molar-refractivity contribution >= 4 is 11.6 Å². The first-order valence-electron chi connectivity index (χ1n) is 6.90. The van der Waals surface area contributed by atoms with Gasteiger partial charge in [-0.2, -0.15) is 0 Å². The molecule has 0 aliphatic carbocycles. The van der Waals surface area contributed by atoms with Crippen LogP contribution in [0.3, 0.4) is 0 Å². The van der Waals surface area contributed by atoms with Crippen LogP contribution in [0, 0.1) is 5.82 Å². The van der Waals surface area contributed by atoms with Crippen LogP contribution in [0.4, 0.5) is 10.1 Å². The van der Waals surface area contributed by atoms with Gasteiger partial charge >= 0.3 is 0 Å². The number of nitrogens with one attached hydrogen (secondary N) is 2. The first-order valence-corrected chi connectivity index (χ1v) is 6.90. The molecule has 1 unspecified atom stereocenters. The fourth-order valence-electron chi connectivity index (χ4n) is 2.04. The molecule has 110 valence electrons. The Bertz CT molecular complexity index is 610. The Kier molecular flexibility index (Phi) is 5.06. The van der Waals surface area contributed by atoms with E-state index in [9.17, 15) is 9.18 Å². The maximum Gasteiger partial charge on any atom is 0.228 e. The fraction of sp³-hybridized carbons (Fsp3) is 0.235. The Morgan fingerprint density at radius 3 is 2.43 bits per heavy atom. The summed E-state index contributed by atoms with van der Waals surface area (Å²) in [7, 11) is 1.90. The van der Waals surface area contributed by atoms with Gasteiger partial charge in [-0.25, -0.2) is 4.39 Å². The predicted octanol–water partition coefficient (Wildman–Crippen LogP) is 3.29. The zero-order chi connectivity index (χ0) is 15.2. The molecule has 0 aliphatic rings. The van der Waals surface area contributed by atoms with E-state index in [1.165, 1.54) is 6.07 Å². The summed E-state index contributed by atoms with van der Waals surface area (Å²) in [5.74, 6) is -0.583. The molecule has 0 heterocycles. The Balaban J connectivity index is 1.98. The number of hydrogen-bond acceptors (Lipinski definition) is 2. The predicted molar refractivity (Wildman–Crippen MR) is 82.7 cm³/mol. The molecular weight excluding hydrogens is 267 g/mol. The maximum absolute atomic E-state index is 13.5. The Labute approximate surface area is 124 Å². The second-order valence-corrected chi connectivity index (χ2v) is 4.95. The van der Waals surface area contributed by atoms with Gasteiger partial charge in [-0.15, -0.1) is 0 Å². The van der Waals surface area contributed by atoms with Crippen molar-refractivity contribution in [1.29, 1.82) is 0 Å². The number of carbonyl (C=O) groups excluding carboxylic acids is 1. The van der Waals surface area contributed by atoms with E-state index in [2.05, 4.69) is 17.6 Å². The van der Waals surface area contributed by atoms with Gasteiger partial charge in [0.25, 0.3) is 0 Å². The fourth-order valence-corrected chi connectivity index (χ4v) is 2.04. The number of rotatable bonds is 5. The summed E-state index contributed by atoms with van der Waals surface area (Å²) in [5, 5.41) is 5.93. The third kappa shape index (κ3) is 4.13. The summed E-state index contributed by atoms with van der Waals surface area (Å²) in [5.41, 5.74) is 2.25. The number of anilines is 1. The van der Waals surface area contributed by atoms with Crippen LogP contribution in [-0.2, 0) is 11.2 Å². The molecule has 0 fully saturated rings. The number of halogens is 1. The quantitative estimate of drug-likeness (QED) is 0.885. The second-order valence-electron chi connectivity index (χ2n) is 4.95. The first-order chi connectivity index (χ1) is 10.1. The van der Waals surface area contributed by atoms with Gasteiger partial charge in [0.05, 0.1) is 6.42 Å². The number of amides is 1. The normalized spacial score (nSPS) is 12.0. The van der Waals surface area contributed by atoms with E-state index >= 15 is 0 Å². The highest BCUT2D eigenvalue weighted by molar-refractivity contribution is 5.92. The molecule has 0 spiro atoms. The minimum atomic E-state index is -0.356. The van der Waals surface area contributed by atoms with Crippen LogP contribution in [0.1, 0.15) is 24.1 Å². The molecule has 4 heteroatoms. The Morgan fingerprint density at radius 2 is 1.81 bits per heavy atom. The molecular formula is C17H19FN2O. The van der Waals surface area contributed by atoms with E-state index in [0.29, 0.717) is 11.3 Å². The molecule has 0 saturated carbocycles. The van der Waals surface area contributed by atoms with Gasteiger partial charge in [0.1, 0.15) is 5.82 Å². The molecule has 0 aromatic heterocycles. The second kappa shape index (κ2) is 6.99. The number of carbonyl (C=O) groups is 1. The SMILES string of the molecule is CNC(C)c1ccc(NC(=O)Cc2ccccc2F)cc1. The molecule has 21 heavy (non-hydrogen) atoms. The van der Waals surface area contributed by atoms with Crippen molar-refractivity contribution in [3.05, 3.63) is 65.5 Å². The number of hydrogen-bond donors (Lipinski definition) is 2. The van der Waals surface area contributed by atoms with Crippen molar-refractivity contribution in [3.8, 4) is 0 Å². The highest BCUT2D eigenvalue weighted by atomic mass is 19.1. The van der Waals surface area contributed by atoms with Gasteiger partial charge in [0.15, 0.2) is 0 Å². The summed E-state index contributed by atoms with van der Waals surface area (Å²) < 4.78 is 13.5. The van der Waals surface area contributed by atoms with Crippen molar-refractivity contribution in [2.75, 3.05) is 12.4 Å². The minimum Gasteiger partial charge on any atom is -0.326 e. The Morgan fingerprint density at radius 1 is 1.14 bits per heavy atom. The molecule has 2 N–H and O–H groups in total. The van der Waals surface area contributed by atoms with E-state index in [1.807, 2.05) is 31.3 Å². The highest BCUT2D eigenvalue weighted by Gasteiger charge is 2.08. The third-order valence-corrected chi connectivity index (χ3v) is 3.44. The Hall–Kier alpha value is -2.20. The van der Waals surface area contributed by atoms with Crippen molar-refractivity contribution < 1.29 is 9.18 Å². The molecule has 1 amide bonds. The van der Waals surface area contributed by atoms with Crippen LogP contribution in [0.2, 0.25) is 0 Å². The lowest BCUT2D eigenvalue weighted by atomic mass is 10.1. The van der Waals surface area contributed by atoms with Gasteiger partial charge in [-0.1, -0.05) is 30.3 Å². The molecule has 0 radical (unpaired) electrons. The molecule has 2 rings (SSSR count). The van der Waals surface area contributed by atoms with Crippen molar-refractivity contribution in [3.63, 3.8) is 0 Å². The third-order valence-electron chi connectivity index (χ3n) is 3.44. The highest BCUT2D eigenvalue weighted by Crippen LogP contribution is 2.16. The van der Waals surface area contributed by atoms with E-state index < -0.39 is 0 Å². The summed E-state index contributed by atoms with van der Waals surface area (Å²) in [6.07, 6.45) is 0.0291. The first kappa shape index (κ1) is 15.2. The van der Waals surface area contributed by atoms with Crippen LogP contribution < -0.4 is 10.6 Å². The zero-order valence-corrected chi connectivity index (χ0v) is 12.2. The molecule has 3 nitrogen and oxygen atoms in total. The van der Waals surface area contributed by atoms with Crippen molar-refractivity contribution in [2.24, 2.45) is 0 Å². The van der Waals surface area contributed by atoms with Gasteiger partial charge in [-0.05, 0) is 43.3 Å². The van der Waals surface area contributed by atoms with Crippen LogP contribution in [-0.4, -0.2) is 13.0 Å². The van der Waals surface area contributed by atoms with Crippen LogP contribution in [0.25, 0.3) is 0 Å². The molecule has 1 atom stereocenters. The lowest BCUT2D eigenvalue weighted by molar-refractivity contribution is -0.115.